The van der Waals surface area contributed by atoms with Crippen LogP contribution in [0.2, 0.25) is 0 Å². The lowest BCUT2D eigenvalue weighted by Crippen LogP contribution is -2.40. The van der Waals surface area contributed by atoms with E-state index in [0.29, 0.717) is 6.42 Å². The van der Waals surface area contributed by atoms with Gasteiger partial charge in [-0.05, 0) is 18.6 Å². The minimum atomic E-state index is -3.44. The molecule has 0 unspecified atom stereocenters. The fourth-order valence-corrected chi connectivity index (χ4v) is 5.39. The molecular formula is C12H17NO4S2. The van der Waals surface area contributed by atoms with Gasteiger partial charge in [-0.2, -0.15) is 0 Å². The number of sulfonamides is 1. The van der Waals surface area contributed by atoms with Gasteiger partial charge in [-0.25, -0.2) is 16.8 Å². The summed E-state index contributed by atoms with van der Waals surface area (Å²) in [6, 6.07) is 6.28. The summed E-state index contributed by atoms with van der Waals surface area (Å²) in [6.07, 6.45) is 1.36. The molecule has 0 saturated heterocycles. The minimum absolute atomic E-state index is 0.00535. The van der Waals surface area contributed by atoms with Crippen LogP contribution in [-0.2, 0) is 19.9 Å². The highest BCUT2D eigenvalue weighted by atomic mass is 32.2. The molecule has 106 valence electrons. The molecule has 5 nitrogen and oxygen atoms in total. The van der Waals surface area contributed by atoms with E-state index in [1.165, 1.54) is 10.4 Å². The number of para-hydroxylation sites is 1. The average Bonchev–Trinajstić information content (AvgIpc) is 2.36. The van der Waals surface area contributed by atoms with Crippen LogP contribution in [0.4, 0.5) is 5.69 Å². The first-order valence-corrected chi connectivity index (χ1v) is 9.47. The molecule has 0 fully saturated rings. The molecule has 2 rings (SSSR count). The Morgan fingerprint density at radius 1 is 1.26 bits per heavy atom. The van der Waals surface area contributed by atoms with Gasteiger partial charge in [-0.1, -0.05) is 25.5 Å². The summed E-state index contributed by atoms with van der Waals surface area (Å²) in [7, 11) is -6.80. The zero-order valence-corrected chi connectivity index (χ0v) is 12.4. The maximum atomic E-state index is 12.2. The summed E-state index contributed by atoms with van der Waals surface area (Å²) in [5.41, 5.74) is 0.282. The Hall–Kier alpha value is -1.08. The smallest absolute Gasteiger partial charge is 0.235 e. The molecule has 0 aliphatic carbocycles. The van der Waals surface area contributed by atoms with Gasteiger partial charge in [0.15, 0.2) is 9.84 Å². The highest BCUT2D eigenvalue weighted by molar-refractivity contribution is 7.94. The van der Waals surface area contributed by atoms with Crippen LogP contribution < -0.4 is 4.31 Å². The maximum absolute atomic E-state index is 12.2. The Kier molecular flexibility index (Phi) is 3.87. The number of rotatable bonds is 4. The highest BCUT2D eigenvalue weighted by Crippen LogP contribution is 2.32. The molecule has 0 radical (unpaired) electrons. The maximum Gasteiger partial charge on any atom is 0.235 e. The predicted molar refractivity (Wildman–Crippen MR) is 74.5 cm³/mol. The van der Waals surface area contributed by atoms with Crippen molar-refractivity contribution in [1.29, 1.82) is 0 Å². The normalized spacial score (nSPS) is 18.1. The number of hydrogen-bond acceptors (Lipinski definition) is 4. The third kappa shape index (κ3) is 2.76. The fourth-order valence-electron chi connectivity index (χ4n) is 2.09. The van der Waals surface area contributed by atoms with E-state index in [9.17, 15) is 16.8 Å². The zero-order valence-electron chi connectivity index (χ0n) is 10.7. The minimum Gasteiger partial charge on any atom is -0.268 e. The van der Waals surface area contributed by atoms with E-state index in [1.807, 2.05) is 6.92 Å². The van der Waals surface area contributed by atoms with E-state index in [2.05, 4.69) is 0 Å². The Labute approximate surface area is 114 Å². The summed E-state index contributed by atoms with van der Waals surface area (Å²) >= 11 is 0. The number of unbranched alkanes of at least 4 members (excludes halogenated alkanes) is 1. The molecule has 19 heavy (non-hydrogen) atoms. The van der Waals surface area contributed by atoms with Crippen LogP contribution in [-0.4, -0.2) is 34.9 Å². The quantitative estimate of drug-likeness (QED) is 0.843. The fraction of sp³-hybridized carbons (Fsp3) is 0.500. The monoisotopic (exact) mass is 303 g/mol. The Morgan fingerprint density at radius 3 is 2.63 bits per heavy atom. The van der Waals surface area contributed by atoms with Gasteiger partial charge in [0.1, 0.15) is 0 Å². The van der Waals surface area contributed by atoms with Gasteiger partial charge >= 0.3 is 0 Å². The second kappa shape index (κ2) is 5.13. The van der Waals surface area contributed by atoms with Crippen molar-refractivity contribution >= 4 is 25.5 Å². The summed E-state index contributed by atoms with van der Waals surface area (Å²) < 4.78 is 49.6. The molecule has 1 aromatic carbocycles. The van der Waals surface area contributed by atoms with Crippen molar-refractivity contribution in [2.24, 2.45) is 0 Å². The first kappa shape index (κ1) is 14.3. The highest BCUT2D eigenvalue weighted by Gasteiger charge is 2.33. The van der Waals surface area contributed by atoms with Gasteiger partial charge in [-0.3, -0.25) is 4.31 Å². The standard InChI is InChI=1S/C12H17NO4S2/c1-2-3-9-19(16,17)13-8-10-18(14,15)12-7-5-4-6-11(12)13/h4-7H,2-3,8-10H2,1H3. The molecule has 0 amide bonds. The van der Waals surface area contributed by atoms with Gasteiger partial charge in [0.25, 0.3) is 0 Å². The number of benzene rings is 1. The molecule has 0 spiro atoms. The molecule has 0 bridgehead atoms. The van der Waals surface area contributed by atoms with Crippen LogP contribution in [0.5, 0.6) is 0 Å². The lowest BCUT2D eigenvalue weighted by molar-refractivity contribution is 0.581. The molecule has 1 heterocycles. The van der Waals surface area contributed by atoms with E-state index in [0.717, 1.165) is 6.42 Å². The molecule has 0 aromatic heterocycles. The van der Waals surface area contributed by atoms with Crippen LogP contribution >= 0.6 is 0 Å². The van der Waals surface area contributed by atoms with E-state index in [1.54, 1.807) is 18.2 Å². The van der Waals surface area contributed by atoms with E-state index < -0.39 is 19.9 Å². The lowest BCUT2D eigenvalue weighted by atomic mass is 10.3. The summed E-state index contributed by atoms with van der Waals surface area (Å²) in [6.45, 7) is 1.93. The topological polar surface area (TPSA) is 71.5 Å². The van der Waals surface area contributed by atoms with Crippen LogP contribution in [0.1, 0.15) is 19.8 Å². The molecule has 0 N–H and O–H groups in total. The molecule has 0 saturated carbocycles. The van der Waals surface area contributed by atoms with Crippen molar-refractivity contribution in [2.45, 2.75) is 24.7 Å². The lowest BCUT2D eigenvalue weighted by Gasteiger charge is -2.30. The zero-order chi connectivity index (χ0) is 14.1. The predicted octanol–water partition coefficient (Wildman–Crippen LogP) is 1.41. The van der Waals surface area contributed by atoms with Crippen LogP contribution in [0.3, 0.4) is 0 Å². The molecule has 0 atom stereocenters. The van der Waals surface area contributed by atoms with E-state index in [-0.39, 0.29) is 28.6 Å². The van der Waals surface area contributed by atoms with Crippen molar-refractivity contribution in [1.82, 2.24) is 0 Å². The summed E-state index contributed by atoms with van der Waals surface area (Å²) in [4.78, 5) is 0.112. The Bertz CT molecular complexity index is 665. The number of hydrogen-bond donors (Lipinski definition) is 0. The molecule has 7 heteroatoms. The summed E-state index contributed by atoms with van der Waals surface area (Å²) in [5.74, 6) is -0.104. The first-order chi connectivity index (χ1) is 8.88. The van der Waals surface area contributed by atoms with Crippen LogP contribution in [0.25, 0.3) is 0 Å². The Morgan fingerprint density at radius 2 is 1.95 bits per heavy atom. The third-order valence-electron chi connectivity index (χ3n) is 3.12. The largest absolute Gasteiger partial charge is 0.268 e. The third-order valence-corrected chi connectivity index (χ3v) is 6.71. The second-order valence-corrected chi connectivity index (χ2v) is 8.62. The van der Waals surface area contributed by atoms with Gasteiger partial charge in [-0.15, -0.1) is 0 Å². The number of anilines is 1. The first-order valence-electron chi connectivity index (χ1n) is 6.21. The molecule has 1 aromatic rings. The summed E-state index contributed by atoms with van der Waals surface area (Å²) in [5, 5.41) is 0. The molecular weight excluding hydrogens is 286 g/mol. The van der Waals surface area contributed by atoms with Crippen LogP contribution in [0, 0.1) is 0 Å². The van der Waals surface area contributed by atoms with E-state index >= 15 is 0 Å². The van der Waals surface area contributed by atoms with E-state index in [4.69, 9.17) is 0 Å². The van der Waals surface area contributed by atoms with Gasteiger partial charge < -0.3 is 0 Å². The van der Waals surface area contributed by atoms with Crippen molar-refractivity contribution < 1.29 is 16.8 Å². The SMILES string of the molecule is CCCCS(=O)(=O)N1CCS(=O)(=O)c2ccccc21. The average molecular weight is 303 g/mol. The second-order valence-electron chi connectivity index (χ2n) is 4.53. The van der Waals surface area contributed by atoms with Crippen LogP contribution in [0.15, 0.2) is 29.2 Å². The van der Waals surface area contributed by atoms with Gasteiger partial charge in [0, 0.05) is 6.54 Å². The van der Waals surface area contributed by atoms with Crippen molar-refractivity contribution in [2.75, 3.05) is 22.4 Å². The van der Waals surface area contributed by atoms with Crippen molar-refractivity contribution in [3.63, 3.8) is 0 Å². The molecule has 1 aliphatic heterocycles. The van der Waals surface area contributed by atoms with Crippen molar-refractivity contribution in [3.05, 3.63) is 24.3 Å². The Balaban J connectivity index is 2.46. The number of nitrogens with zero attached hydrogens (tertiary/aromatic N) is 1. The number of fused-ring (bicyclic) bond motifs is 1. The van der Waals surface area contributed by atoms with Gasteiger partial charge in [0.2, 0.25) is 10.0 Å². The van der Waals surface area contributed by atoms with Gasteiger partial charge in [0.05, 0.1) is 22.1 Å². The number of sulfone groups is 1. The molecule has 1 aliphatic rings. The van der Waals surface area contributed by atoms with Crippen molar-refractivity contribution in [3.8, 4) is 0 Å².